The Labute approximate surface area is 274 Å². The number of carbonyl (C=O) groups excluding carboxylic acids is 1. The van der Waals surface area contributed by atoms with Gasteiger partial charge in [0.05, 0.1) is 17.7 Å². The Morgan fingerprint density at radius 2 is 1.70 bits per heavy atom. The van der Waals surface area contributed by atoms with Crippen molar-refractivity contribution in [3.05, 3.63) is 137 Å². The number of benzene rings is 4. The van der Waals surface area contributed by atoms with Crippen LogP contribution in [0.2, 0.25) is 0 Å². The largest absolute Gasteiger partial charge is 0.351 e. The first-order valence-corrected chi connectivity index (χ1v) is 15.8. The van der Waals surface area contributed by atoms with Gasteiger partial charge in [-0.15, -0.1) is 0 Å². The van der Waals surface area contributed by atoms with E-state index in [4.69, 9.17) is 12.2 Å². The number of hydrogen-bond acceptors (Lipinski definition) is 5. The summed E-state index contributed by atoms with van der Waals surface area (Å²) in [5.41, 5.74) is 3.73. The lowest BCUT2D eigenvalue weighted by Gasteiger charge is -2.33. The van der Waals surface area contributed by atoms with Crippen molar-refractivity contribution < 1.29 is 9.72 Å². The number of nitrogens with one attached hydrogen (secondary N) is 2. The predicted molar refractivity (Wildman–Crippen MR) is 187 cm³/mol. The molecule has 1 aromatic heterocycles. The molecule has 236 valence electrons. The standard InChI is InChI=1S/C36H38N6O3S/c1-3-26(2)34(38-35(43)20-31-21-37-25-41(31)23-28-16-18-30(19-17-28)42(44)45)24-40(22-27-10-5-4-6-11-27)36(46)39-33-15-9-13-29-12-7-8-14-32(29)33/h4-19,21,25-26,34H,3,20,22-24H2,1-2H3,(H,38,43)(H,39,46). The quantitative estimate of drug-likeness (QED) is 0.0819. The smallest absolute Gasteiger partial charge is 0.269 e. The number of aromatic nitrogens is 2. The monoisotopic (exact) mass is 634 g/mol. The van der Waals surface area contributed by atoms with Crippen LogP contribution < -0.4 is 10.6 Å². The van der Waals surface area contributed by atoms with Crippen LogP contribution in [0.15, 0.2) is 110 Å². The van der Waals surface area contributed by atoms with E-state index in [2.05, 4.69) is 64.7 Å². The Kier molecular flexibility index (Phi) is 10.7. The minimum absolute atomic E-state index is 0.0400. The number of non-ortho nitro benzene ring substituents is 1. The van der Waals surface area contributed by atoms with Gasteiger partial charge < -0.3 is 20.1 Å². The molecule has 2 unspecified atom stereocenters. The molecule has 0 bridgehead atoms. The van der Waals surface area contributed by atoms with E-state index in [1.165, 1.54) is 12.1 Å². The molecule has 0 fully saturated rings. The highest BCUT2D eigenvalue weighted by Gasteiger charge is 2.24. The van der Waals surface area contributed by atoms with Gasteiger partial charge >= 0.3 is 0 Å². The molecule has 0 aliphatic rings. The van der Waals surface area contributed by atoms with Crippen LogP contribution >= 0.6 is 12.2 Å². The molecule has 0 aliphatic carbocycles. The molecule has 2 atom stereocenters. The summed E-state index contributed by atoms with van der Waals surface area (Å²) in [5, 5.41) is 20.6. The number of nitrogens with zero attached hydrogens (tertiary/aromatic N) is 4. The first-order valence-electron chi connectivity index (χ1n) is 15.4. The van der Waals surface area contributed by atoms with Gasteiger partial charge in [-0.2, -0.15) is 0 Å². The maximum Gasteiger partial charge on any atom is 0.269 e. The molecule has 2 N–H and O–H groups in total. The molecule has 0 aliphatic heterocycles. The van der Waals surface area contributed by atoms with Gasteiger partial charge in [0.2, 0.25) is 5.91 Å². The van der Waals surface area contributed by atoms with Crippen LogP contribution in [0.25, 0.3) is 10.8 Å². The van der Waals surface area contributed by atoms with E-state index in [0.29, 0.717) is 24.7 Å². The third-order valence-electron chi connectivity index (χ3n) is 8.27. The van der Waals surface area contributed by atoms with E-state index >= 15 is 0 Å². The number of hydrogen-bond donors (Lipinski definition) is 2. The van der Waals surface area contributed by atoms with E-state index in [9.17, 15) is 14.9 Å². The highest BCUT2D eigenvalue weighted by molar-refractivity contribution is 7.80. The molecule has 46 heavy (non-hydrogen) atoms. The zero-order chi connectivity index (χ0) is 32.5. The number of amides is 1. The van der Waals surface area contributed by atoms with Gasteiger partial charge in [-0.3, -0.25) is 14.9 Å². The van der Waals surface area contributed by atoms with Crippen molar-refractivity contribution in [1.82, 2.24) is 19.8 Å². The fourth-order valence-corrected chi connectivity index (χ4v) is 5.67. The van der Waals surface area contributed by atoms with Crippen molar-refractivity contribution in [2.75, 3.05) is 11.9 Å². The zero-order valence-electron chi connectivity index (χ0n) is 26.0. The average molecular weight is 635 g/mol. The summed E-state index contributed by atoms with van der Waals surface area (Å²) in [7, 11) is 0. The summed E-state index contributed by atoms with van der Waals surface area (Å²) in [6.07, 6.45) is 4.40. The van der Waals surface area contributed by atoms with Crippen molar-refractivity contribution in [3.8, 4) is 0 Å². The number of imidazole rings is 1. The van der Waals surface area contributed by atoms with Crippen molar-refractivity contribution in [1.29, 1.82) is 0 Å². The Hall–Kier alpha value is -5.09. The van der Waals surface area contributed by atoms with E-state index in [1.54, 1.807) is 24.7 Å². The molecule has 0 saturated heterocycles. The third-order valence-corrected chi connectivity index (χ3v) is 8.63. The van der Waals surface area contributed by atoms with Gasteiger partial charge in [-0.1, -0.05) is 99.1 Å². The first-order chi connectivity index (χ1) is 22.3. The third kappa shape index (κ3) is 8.33. The number of carbonyl (C=O) groups is 1. The van der Waals surface area contributed by atoms with Crippen LogP contribution in [0.1, 0.15) is 37.1 Å². The number of rotatable bonds is 13. The lowest BCUT2D eigenvalue weighted by Crippen LogP contribution is -2.50. The summed E-state index contributed by atoms with van der Waals surface area (Å²) in [6, 6.07) is 30.8. The van der Waals surface area contributed by atoms with Crippen molar-refractivity contribution in [2.24, 2.45) is 5.92 Å². The molecule has 4 aromatic carbocycles. The lowest BCUT2D eigenvalue weighted by atomic mass is 9.98. The van der Waals surface area contributed by atoms with Gasteiger partial charge in [0.15, 0.2) is 5.11 Å². The number of nitro benzene ring substituents is 1. The number of anilines is 1. The summed E-state index contributed by atoms with van der Waals surface area (Å²) in [5.74, 6) is 0.0796. The zero-order valence-corrected chi connectivity index (χ0v) is 26.8. The van der Waals surface area contributed by atoms with Crippen LogP contribution in [0, 0.1) is 16.0 Å². The molecular formula is C36H38N6O3S. The Morgan fingerprint density at radius 3 is 2.43 bits per heavy atom. The van der Waals surface area contributed by atoms with Crippen LogP contribution in [0.5, 0.6) is 0 Å². The van der Waals surface area contributed by atoms with E-state index in [-0.39, 0.29) is 30.0 Å². The Morgan fingerprint density at radius 1 is 0.978 bits per heavy atom. The van der Waals surface area contributed by atoms with E-state index in [0.717, 1.165) is 39.7 Å². The minimum atomic E-state index is -0.419. The lowest BCUT2D eigenvalue weighted by molar-refractivity contribution is -0.384. The fourth-order valence-electron chi connectivity index (χ4n) is 5.42. The molecule has 0 spiro atoms. The molecule has 9 nitrogen and oxygen atoms in total. The number of nitro groups is 1. The second-order valence-electron chi connectivity index (χ2n) is 11.5. The van der Waals surface area contributed by atoms with Crippen LogP contribution in [0.4, 0.5) is 11.4 Å². The maximum absolute atomic E-state index is 13.5. The van der Waals surface area contributed by atoms with Crippen LogP contribution in [-0.4, -0.2) is 43.0 Å². The van der Waals surface area contributed by atoms with Crippen molar-refractivity contribution >= 4 is 45.4 Å². The summed E-state index contributed by atoms with van der Waals surface area (Å²) >= 11 is 6.02. The molecule has 5 aromatic rings. The average Bonchev–Trinajstić information content (AvgIpc) is 3.50. The molecule has 0 radical (unpaired) electrons. The molecule has 1 amide bonds. The van der Waals surface area contributed by atoms with E-state index < -0.39 is 4.92 Å². The topological polar surface area (TPSA) is 105 Å². The normalized spacial score (nSPS) is 12.3. The van der Waals surface area contributed by atoms with E-state index in [1.807, 2.05) is 47.0 Å². The highest BCUT2D eigenvalue weighted by Crippen LogP contribution is 2.24. The first kappa shape index (κ1) is 32.3. The molecule has 10 heteroatoms. The second-order valence-corrected chi connectivity index (χ2v) is 11.9. The summed E-state index contributed by atoms with van der Waals surface area (Å²) in [6.45, 7) is 5.83. The van der Waals surface area contributed by atoms with Crippen molar-refractivity contribution in [2.45, 2.75) is 45.8 Å². The second kappa shape index (κ2) is 15.3. The van der Waals surface area contributed by atoms with Gasteiger partial charge in [-0.05, 0) is 40.7 Å². The minimum Gasteiger partial charge on any atom is -0.351 e. The number of thiocarbonyl (C=S) groups is 1. The maximum atomic E-state index is 13.5. The fraction of sp³-hybridized carbons (Fsp3) is 0.250. The Balaban J connectivity index is 1.31. The predicted octanol–water partition coefficient (Wildman–Crippen LogP) is 6.97. The van der Waals surface area contributed by atoms with Crippen LogP contribution in [0.3, 0.4) is 0 Å². The van der Waals surface area contributed by atoms with Crippen LogP contribution in [-0.2, 0) is 24.3 Å². The van der Waals surface area contributed by atoms with Gasteiger partial charge in [-0.25, -0.2) is 4.98 Å². The Bertz CT molecular complexity index is 1790. The SMILES string of the molecule is CCC(C)C(CN(Cc1ccccc1)C(=S)Nc1cccc2ccccc12)NC(=O)Cc1cncn1Cc1ccc([N+](=O)[O-])cc1. The van der Waals surface area contributed by atoms with Crippen molar-refractivity contribution in [3.63, 3.8) is 0 Å². The molecule has 0 saturated carbocycles. The highest BCUT2D eigenvalue weighted by atomic mass is 32.1. The molecule has 1 heterocycles. The molecular weight excluding hydrogens is 597 g/mol. The molecule has 5 rings (SSSR count). The summed E-state index contributed by atoms with van der Waals surface area (Å²) in [4.78, 5) is 30.5. The van der Waals surface area contributed by atoms with Gasteiger partial charge in [0, 0.05) is 60.8 Å². The summed E-state index contributed by atoms with van der Waals surface area (Å²) < 4.78 is 1.89. The van der Waals surface area contributed by atoms with Gasteiger partial charge in [0.1, 0.15) is 0 Å². The van der Waals surface area contributed by atoms with Gasteiger partial charge in [0.25, 0.3) is 5.69 Å². The number of fused-ring (bicyclic) bond motifs is 1.